The second-order valence-electron chi connectivity index (χ2n) is 5.67. The van der Waals surface area contributed by atoms with Gasteiger partial charge in [-0.1, -0.05) is 6.07 Å². The summed E-state index contributed by atoms with van der Waals surface area (Å²) < 4.78 is 0. The monoisotopic (exact) mass is 287 g/mol. The lowest BCUT2D eigenvalue weighted by molar-refractivity contribution is 0.471. The summed E-state index contributed by atoms with van der Waals surface area (Å²) in [6.45, 7) is 4.10. The van der Waals surface area contributed by atoms with E-state index in [4.69, 9.17) is 0 Å². The van der Waals surface area contributed by atoms with Crippen LogP contribution < -0.4 is 5.32 Å². The summed E-state index contributed by atoms with van der Waals surface area (Å²) in [7, 11) is 0. The molecule has 1 atom stereocenters. The average Bonchev–Trinajstić information content (AvgIpc) is 2.87. The van der Waals surface area contributed by atoms with Crippen LogP contribution in [-0.2, 0) is 12.8 Å². The Morgan fingerprint density at radius 3 is 2.75 bits per heavy atom. The molecular weight excluding hydrogens is 266 g/mol. The number of fused-ring (bicyclic) bond motifs is 1. The molecule has 3 heteroatoms. The molecule has 106 valence electrons. The third kappa shape index (κ3) is 2.68. The number of nitrogens with one attached hydrogen (secondary N) is 1. The molecule has 0 amide bonds. The molecule has 1 aliphatic rings. The molecular formula is C17H21NOS. The Morgan fingerprint density at radius 1 is 1.20 bits per heavy atom. The van der Waals surface area contributed by atoms with E-state index < -0.39 is 0 Å². The first-order valence-electron chi connectivity index (χ1n) is 7.31. The molecule has 2 aromatic rings. The van der Waals surface area contributed by atoms with E-state index in [0.717, 1.165) is 11.3 Å². The van der Waals surface area contributed by atoms with E-state index in [1.807, 2.05) is 30.4 Å². The molecule has 20 heavy (non-hydrogen) atoms. The van der Waals surface area contributed by atoms with Crippen molar-refractivity contribution in [2.45, 2.75) is 45.6 Å². The lowest BCUT2D eigenvalue weighted by atomic mass is 9.99. The number of thiophene rings is 1. The molecule has 1 aliphatic carbocycles. The Hall–Kier alpha value is -1.48. The van der Waals surface area contributed by atoms with Crippen LogP contribution in [0.5, 0.6) is 5.75 Å². The van der Waals surface area contributed by atoms with Crippen molar-refractivity contribution in [1.82, 2.24) is 0 Å². The second-order valence-corrected chi connectivity index (χ2v) is 6.84. The van der Waals surface area contributed by atoms with Crippen molar-refractivity contribution >= 4 is 17.0 Å². The molecule has 0 aliphatic heterocycles. The number of hydrogen-bond acceptors (Lipinski definition) is 3. The SMILES string of the molecule is Cc1ccc(NC(C)c2cc3c(s2)CCCC3)cc1O. The molecule has 1 aromatic carbocycles. The summed E-state index contributed by atoms with van der Waals surface area (Å²) >= 11 is 1.95. The quantitative estimate of drug-likeness (QED) is 0.848. The van der Waals surface area contributed by atoms with E-state index in [0.29, 0.717) is 5.75 Å². The van der Waals surface area contributed by atoms with E-state index in [-0.39, 0.29) is 6.04 Å². The molecule has 0 saturated heterocycles. The van der Waals surface area contributed by atoms with Gasteiger partial charge in [-0.05, 0) is 62.8 Å². The fraction of sp³-hybridized carbons (Fsp3) is 0.412. The molecule has 0 fully saturated rings. The number of anilines is 1. The highest BCUT2D eigenvalue weighted by molar-refractivity contribution is 7.12. The van der Waals surface area contributed by atoms with E-state index in [1.54, 1.807) is 16.5 Å². The highest BCUT2D eigenvalue weighted by atomic mass is 32.1. The molecule has 1 heterocycles. The van der Waals surface area contributed by atoms with Gasteiger partial charge in [0.1, 0.15) is 5.75 Å². The highest BCUT2D eigenvalue weighted by Crippen LogP contribution is 2.34. The van der Waals surface area contributed by atoms with Gasteiger partial charge in [0, 0.05) is 21.5 Å². The van der Waals surface area contributed by atoms with E-state index in [1.165, 1.54) is 30.6 Å². The van der Waals surface area contributed by atoms with Crippen molar-refractivity contribution in [3.8, 4) is 5.75 Å². The Balaban J connectivity index is 1.76. The largest absolute Gasteiger partial charge is 0.508 e. The third-order valence-electron chi connectivity index (χ3n) is 4.03. The van der Waals surface area contributed by atoms with Gasteiger partial charge in [0.05, 0.1) is 6.04 Å². The van der Waals surface area contributed by atoms with Crippen LogP contribution in [0.3, 0.4) is 0 Å². The maximum Gasteiger partial charge on any atom is 0.120 e. The highest BCUT2D eigenvalue weighted by Gasteiger charge is 2.16. The maximum absolute atomic E-state index is 9.78. The van der Waals surface area contributed by atoms with Crippen LogP contribution >= 0.6 is 11.3 Å². The van der Waals surface area contributed by atoms with E-state index in [2.05, 4.69) is 18.3 Å². The van der Waals surface area contributed by atoms with Crippen molar-refractivity contribution < 1.29 is 5.11 Å². The number of hydrogen-bond donors (Lipinski definition) is 2. The standard InChI is InChI=1S/C17H21NOS/c1-11-7-8-14(10-15(11)19)18-12(2)17-9-13-5-3-4-6-16(13)20-17/h7-10,12,18-19H,3-6H2,1-2H3. The van der Waals surface area contributed by atoms with E-state index in [9.17, 15) is 5.11 Å². The zero-order valence-corrected chi connectivity index (χ0v) is 12.9. The Labute approximate surface area is 124 Å². The van der Waals surface area contributed by atoms with Crippen LogP contribution in [0.15, 0.2) is 24.3 Å². The minimum Gasteiger partial charge on any atom is -0.508 e. The predicted octanol–water partition coefficient (Wildman–Crippen LogP) is 4.81. The van der Waals surface area contributed by atoms with Crippen LogP contribution in [0, 0.1) is 6.92 Å². The zero-order valence-electron chi connectivity index (χ0n) is 12.1. The van der Waals surface area contributed by atoms with Crippen molar-refractivity contribution in [2.24, 2.45) is 0 Å². The summed E-state index contributed by atoms with van der Waals surface area (Å²) in [5.41, 5.74) is 3.44. The maximum atomic E-state index is 9.78. The predicted molar refractivity (Wildman–Crippen MR) is 85.8 cm³/mol. The second kappa shape index (κ2) is 5.49. The van der Waals surface area contributed by atoms with Crippen LogP contribution in [-0.4, -0.2) is 5.11 Å². The Kier molecular flexibility index (Phi) is 3.70. The van der Waals surface area contributed by atoms with Crippen LogP contribution in [0.1, 0.15) is 46.7 Å². The molecule has 2 nitrogen and oxygen atoms in total. The van der Waals surface area contributed by atoms with E-state index >= 15 is 0 Å². The molecule has 2 N–H and O–H groups in total. The van der Waals surface area contributed by atoms with Gasteiger partial charge >= 0.3 is 0 Å². The van der Waals surface area contributed by atoms with Crippen molar-refractivity contribution in [3.05, 3.63) is 45.1 Å². The van der Waals surface area contributed by atoms with Crippen LogP contribution in [0.2, 0.25) is 0 Å². The Bertz CT molecular complexity index is 594. The van der Waals surface area contributed by atoms with Crippen LogP contribution in [0.25, 0.3) is 0 Å². The number of benzene rings is 1. The average molecular weight is 287 g/mol. The minimum absolute atomic E-state index is 0.285. The molecule has 0 spiro atoms. The van der Waals surface area contributed by atoms with Gasteiger partial charge in [0.2, 0.25) is 0 Å². The summed E-state index contributed by atoms with van der Waals surface area (Å²) in [4.78, 5) is 2.98. The zero-order chi connectivity index (χ0) is 14.1. The molecule has 0 radical (unpaired) electrons. The molecule has 1 aromatic heterocycles. The van der Waals surface area contributed by atoms with Gasteiger partial charge < -0.3 is 10.4 Å². The number of phenolic OH excluding ortho intramolecular Hbond substituents is 1. The fourth-order valence-corrected chi connectivity index (χ4v) is 4.01. The normalized spacial score (nSPS) is 15.7. The van der Waals surface area contributed by atoms with Crippen molar-refractivity contribution in [1.29, 1.82) is 0 Å². The first kappa shape index (κ1) is 13.5. The first-order valence-corrected chi connectivity index (χ1v) is 8.13. The number of aromatic hydroxyl groups is 1. The lowest BCUT2D eigenvalue weighted by Crippen LogP contribution is -2.04. The summed E-state index contributed by atoms with van der Waals surface area (Å²) in [5.74, 6) is 0.354. The molecule has 3 rings (SSSR count). The molecule has 0 bridgehead atoms. The Morgan fingerprint density at radius 2 is 2.00 bits per heavy atom. The smallest absolute Gasteiger partial charge is 0.120 e. The summed E-state index contributed by atoms with van der Waals surface area (Å²) in [5, 5.41) is 13.3. The number of aryl methyl sites for hydroxylation is 3. The first-order chi connectivity index (χ1) is 9.63. The third-order valence-corrected chi connectivity index (χ3v) is 5.45. The van der Waals surface area contributed by atoms with Crippen molar-refractivity contribution in [2.75, 3.05) is 5.32 Å². The van der Waals surface area contributed by atoms with Gasteiger partial charge in [-0.3, -0.25) is 0 Å². The number of rotatable bonds is 3. The van der Waals surface area contributed by atoms with Crippen molar-refractivity contribution in [3.63, 3.8) is 0 Å². The fourth-order valence-electron chi connectivity index (χ4n) is 2.75. The number of phenols is 1. The van der Waals surface area contributed by atoms with Gasteiger partial charge in [0.15, 0.2) is 0 Å². The van der Waals surface area contributed by atoms with Gasteiger partial charge in [-0.25, -0.2) is 0 Å². The van der Waals surface area contributed by atoms with Gasteiger partial charge in [-0.15, -0.1) is 11.3 Å². The summed E-state index contributed by atoms with van der Waals surface area (Å²) in [6.07, 6.45) is 5.15. The topological polar surface area (TPSA) is 32.3 Å². The minimum atomic E-state index is 0.285. The summed E-state index contributed by atoms with van der Waals surface area (Å²) in [6, 6.07) is 8.43. The molecule has 0 saturated carbocycles. The lowest BCUT2D eigenvalue weighted by Gasteiger charge is -2.14. The van der Waals surface area contributed by atoms with Gasteiger partial charge in [-0.2, -0.15) is 0 Å². The van der Waals surface area contributed by atoms with Crippen LogP contribution in [0.4, 0.5) is 5.69 Å². The molecule has 1 unspecified atom stereocenters. The van der Waals surface area contributed by atoms with Gasteiger partial charge in [0.25, 0.3) is 0 Å².